The molecule has 2 rings (SSSR count). The summed E-state index contributed by atoms with van der Waals surface area (Å²) in [7, 11) is 0. The van der Waals surface area contributed by atoms with Crippen LogP contribution < -0.4 is 10.1 Å². The zero-order valence-electron chi connectivity index (χ0n) is 11.9. The first kappa shape index (κ1) is 15.6. The van der Waals surface area contributed by atoms with Gasteiger partial charge in [-0.2, -0.15) is 0 Å². The summed E-state index contributed by atoms with van der Waals surface area (Å²) in [6.45, 7) is 3.09. The lowest BCUT2D eigenvalue weighted by molar-refractivity contribution is 0.0954. The topological polar surface area (TPSA) is 38.3 Å². The van der Waals surface area contributed by atoms with Gasteiger partial charge in [-0.05, 0) is 36.8 Å². The van der Waals surface area contributed by atoms with Gasteiger partial charge in [-0.1, -0.05) is 46.3 Å². The average molecular weight is 348 g/mol. The fourth-order valence-corrected chi connectivity index (χ4v) is 2.40. The minimum Gasteiger partial charge on any atom is -0.494 e. The van der Waals surface area contributed by atoms with Crippen LogP contribution >= 0.6 is 15.9 Å². The van der Waals surface area contributed by atoms with Crippen LogP contribution in [0.1, 0.15) is 27.7 Å². The average Bonchev–Trinajstić information content (AvgIpc) is 2.54. The van der Waals surface area contributed by atoms with Crippen molar-refractivity contribution in [2.75, 3.05) is 13.2 Å². The molecule has 0 fully saturated rings. The van der Waals surface area contributed by atoms with Crippen molar-refractivity contribution in [1.29, 1.82) is 0 Å². The molecule has 1 unspecified atom stereocenters. The molecule has 2 aromatic rings. The summed E-state index contributed by atoms with van der Waals surface area (Å²) in [6.07, 6.45) is 0. The van der Waals surface area contributed by atoms with Crippen LogP contribution in [-0.2, 0) is 0 Å². The van der Waals surface area contributed by atoms with Gasteiger partial charge in [0.05, 0.1) is 11.4 Å². The Morgan fingerprint density at radius 2 is 1.81 bits per heavy atom. The van der Waals surface area contributed by atoms with Crippen molar-refractivity contribution in [3.8, 4) is 5.75 Å². The van der Waals surface area contributed by atoms with E-state index in [-0.39, 0.29) is 10.7 Å². The van der Waals surface area contributed by atoms with Crippen LogP contribution in [0.15, 0.2) is 54.6 Å². The molecule has 0 saturated heterocycles. The molecule has 110 valence electrons. The summed E-state index contributed by atoms with van der Waals surface area (Å²) in [5.74, 6) is 0.690. The van der Waals surface area contributed by atoms with Gasteiger partial charge in [0, 0.05) is 12.1 Å². The molecule has 0 aliphatic heterocycles. The smallest absolute Gasteiger partial charge is 0.251 e. The van der Waals surface area contributed by atoms with Crippen molar-refractivity contribution in [2.45, 2.75) is 11.8 Å². The van der Waals surface area contributed by atoms with Crippen molar-refractivity contribution in [3.63, 3.8) is 0 Å². The van der Waals surface area contributed by atoms with E-state index in [0.29, 0.717) is 18.7 Å². The van der Waals surface area contributed by atoms with E-state index in [9.17, 15) is 4.79 Å². The third-order valence-electron chi connectivity index (χ3n) is 3.03. The van der Waals surface area contributed by atoms with E-state index in [2.05, 4.69) is 21.2 Å². The fourth-order valence-electron chi connectivity index (χ4n) is 1.93. The summed E-state index contributed by atoms with van der Waals surface area (Å²) in [5, 5.41) is 2.92. The van der Waals surface area contributed by atoms with E-state index in [1.54, 1.807) is 24.3 Å². The summed E-state index contributed by atoms with van der Waals surface area (Å²) in [4.78, 5) is 12.2. The minimum atomic E-state index is -0.0848. The highest BCUT2D eigenvalue weighted by atomic mass is 79.9. The Bertz CT molecular complexity index is 569. The van der Waals surface area contributed by atoms with Gasteiger partial charge in [0.25, 0.3) is 5.91 Å². The SMILES string of the molecule is CCOc1ccc(C(=O)NCC(Br)c2ccccc2)cc1. The van der Waals surface area contributed by atoms with E-state index >= 15 is 0 Å². The third-order valence-corrected chi connectivity index (χ3v) is 3.88. The molecule has 21 heavy (non-hydrogen) atoms. The number of rotatable bonds is 6. The first-order chi connectivity index (χ1) is 10.2. The minimum absolute atomic E-state index is 0.0848. The van der Waals surface area contributed by atoms with E-state index in [4.69, 9.17) is 4.74 Å². The summed E-state index contributed by atoms with van der Waals surface area (Å²) >= 11 is 3.58. The highest BCUT2D eigenvalue weighted by Crippen LogP contribution is 2.21. The first-order valence-electron chi connectivity index (χ1n) is 6.90. The second-order valence-corrected chi connectivity index (χ2v) is 5.65. The molecule has 0 bridgehead atoms. The molecule has 0 radical (unpaired) electrons. The highest BCUT2D eigenvalue weighted by Gasteiger charge is 2.10. The monoisotopic (exact) mass is 347 g/mol. The lowest BCUT2D eigenvalue weighted by Crippen LogP contribution is -2.26. The Morgan fingerprint density at radius 3 is 2.43 bits per heavy atom. The van der Waals surface area contributed by atoms with E-state index < -0.39 is 0 Å². The van der Waals surface area contributed by atoms with Crippen LogP contribution in [0.4, 0.5) is 0 Å². The Balaban J connectivity index is 1.89. The molecule has 4 heteroatoms. The maximum Gasteiger partial charge on any atom is 0.251 e. The molecule has 0 heterocycles. The standard InChI is InChI=1S/C17H18BrNO2/c1-2-21-15-10-8-14(9-11-15)17(20)19-12-16(18)13-6-4-3-5-7-13/h3-11,16H,2,12H2,1H3,(H,19,20). The fraction of sp³-hybridized carbons (Fsp3) is 0.235. The van der Waals surface area contributed by atoms with Gasteiger partial charge in [0.2, 0.25) is 0 Å². The van der Waals surface area contributed by atoms with Crippen LogP contribution in [0.2, 0.25) is 0 Å². The lowest BCUT2D eigenvalue weighted by Gasteiger charge is -2.12. The Labute approximate surface area is 133 Å². The van der Waals surface area contributed by atoms with Crippen molar-refractivity contribution < 1.29 is 9.53 Å². The van der Waals surface area contributed by atoms with Crippen molar-refractivity contribution >= 4 is 21.8 Å². The summed E-state index contributed by atoms with van der Waals surface area (Å²) < 4.78 is 5.36. The number of halogens is 1. The Hall–Kier alpha value is -1.81. The highest BCUT2D eigenvalue weighted by molar-refractivity contribution is 9.09. The van der Waals surface area contributed by atoms with Gasteiger partial charge >= 0.3 is 0 Å². The van der Waals surface area contributed by atoms with E-state index in [0.717, 1.165) is 11.3 Å². The molecule has 0 saturated carbocycles. The van der Waals surface area contributed by atoms with E-state index in [1.165, 1.54) is 0 Å². The number of carbonyl (C=O) groups is 1. The molecule has 0 spiro atoms. The molecular weight excluding hydrogens is 330 g/mol. The van der Waals surface area contributed by atoms with Crippen molar-refractivity contribution in [1.82, 2.24) is 5.32 Å². The summed E-state index contributed by atoms with van der Waals surface area (Å²) in [5.41, 5.74) is 1.77. The number of nitrogens with one attached hydrogen (secondary N) is 1. The molecule has 0 aliphatic rings. The molecule has 1 atom stereocenters. The van der Waals surface area contributed by atoms with Crippen molar-refractivity contribution in [2.24, 2.45) is 0 Å². The largest absolute Gasteiger partial charge is 0.494 e. The predicted octanol–water partition coefficient (Wildman–Crippen LogP) is 3.95. The van der Waals surface area contributed by atoms with Crippen molar-refractivity contribution in [3.05, 3.63) is 65.7 Å². The maximum absolute atomic E-state index is 12.1. The van der Waals surface area contributed by atoms with Crippen LogP contribution in [0.25, 0.3) is 0 Å². The predicted molar refractivity (Wildman–Crippen MR) is 88.1 cm³/mol. The number of amides is 1. The second-order valence-electron chi connectivity index (χ2n) is 4.55. The molecule has 0 aliphatic carbocycles. The van der Waals surface area contributed by atoms with Crippen LogP contribution in [0.3, 0.4) is 0 Å². The molecule has 3 nitrogen and oxygen atoms in total. The third kappa shape index (κ3) is 4.60. The van der Waals surface area contributed by atoms with Gasteiger partial charge in [-0.15, -0.1) is 0 Å². The number of alkyl halides is 1. The van der Waals surface area contributed by atoms with Crippen LogP contribution in [-0.4, -0.2) is 19.1 Å². The maximum atomic E-state index is 12.1. The Kier molecular flexibility index (Phi) is 5.81. The number of benzene rings is 2. The van der Waals surface area contributed by atoms with Gasteiger partial charge in [0.15, 0.2) is 0 Å². The van der Waals surface area contributed by atoms with Gasteiger partial charge in [0.1, 0.15) is 5.75 Å². The first-order valence-corrected chi connectivity index (χ1v) is 7.82. The Morgan fingerprint density at radius 1 is 1.14 bits per heavy atom. The molecular formula is C17H18BrNO2. The molecule has 0 aromatic heterocycles. The van der Waals surface area contributed by atoms with E-state index in [1.807, 2.05) is 37.3 Å². The zero-order chi connectivity index (χ0) is 15.1. The second kappa shape index (κ2) is 7.84. The number of hydrogen-bond donors (Lipinski definition) is 1. The number of carbonyl (C=O) groups excluding carboxylic acids is 1. The van der Waals surface area contributed by atoms with Crippen LogP contribution in [0, 0.1) is 0 Å². The zero-order valence-corrected chi connectivity index (χ0v) is 13.5. The number of hydrogen-bond acceptors (Lipinski definition) is 2. The summed E-state index contributed by atoms with van der Waals surface area (Å²) in [6, 6.07) is 17.2. The van der Waals surface area contributed by atoms with Crippen LogP contribution in [0.5, 0.6) is 5.75 Å². The molecule has 1 N–H and O–H groups in total. The molecule has 1 amide bonds. The molecule has 2 aromatic carbocycles. The quantitative estimate of drug-likeness (QED) is 0.803. The number of ether oxygens (including phenoxy) is 1. The normalized spacial score (nSPS) is 11.7. The lowest BCUT2D eigenvalue weighted by atomic mass is 10.1. The van der Waals surface area contributed by atoms with Gasteiger partial charge in [-0.25, -0.2) is 0 Å². The van der Waals surface area contributed by atoms with Gasteiger partial charge < -0.3 is 10.1 Å². The van der Waals surface area contributed by atoms with Gasteiger partial charge in [-0.3, -0.25) is 4.79 Å².